The molecule has 0 bridgehead atoms. The largest absolute Gasteiger partial charge is 0.351 e. The molecule has 15 heteroatoms. The molecule has 5 N–H and O–H groups in total. The van der Waals surface area contributed by atoms with Crippen molar-refractivity contribution in [2.24, 2.45) is 28.6 Å². The lowest BCUT2D eigenvalue weighted by Crippen LogP contribution is -2.58. The van der Waals surface area contributed by atoms with Crippen LogP contribution in [0.5, 0.6) is 0 Å². The molecule has 1 unspecified atom stereocenters. The van der Waals surface area contributed by atoms with Crippen LogP contribution in [0.2, 0.25) is 0 Å². The predicted octanol–water partition coefficient (Wildman–Crippen LogP) is 6.61. The number of fused-ring (bicyclic) bond motifs is 2. The van der Waals surface area contributed by atoms with Crippen LogP contribution in [0, 0.1) is 28.6 Å². The fourth-order valence-corrected chi connectivity index (χ4v) is 11.3. The minimum atomic E-state index is -0.895. The van der Waals surface area contributed by atoms with Crippen molar-refractivity contribution in [2.45, 2.75) is 194 Å². The Morgan fingerprint density at radius 2 is 1.23 bits per heavy atom. The summed E-state index contributed by atoms with van der Waals surface area (Å²) >= 11 is 0. The van der Waals surface area contributed by atoms with Crippen LogP contribution in [0.4, 0.5) is 0 Å². The molecular formula is C58H85N7O8. The Hall–Kier alpha value is -5.44. The van der Waals surface area contributed by atoms with Gasteiger partial charge in [0, 0.05) is 56.7 Å². The van der Waals surface area contributed by atoms with E-state index in [1.807, 2.05) is 91.8 Å². The van der Waals surface area contributed by atoms with Crippen LogP contribution < -0.4 is 26.6 Å². The highest BCUT2D eigenvalue weighted by molar-refractivity contribution is 5.95. The van der Waals surface area contributed by atoms with Crippen molar-refractivity contribution < 1.29 is 38.4 Å². The SMILES string of the molecule is CC[C@@H](C)C(=O)N[C@H](C(=O)N1C[C@@H](CC(=O)CCCC(=O)N[C@H]2C[C@@H](C(=O)N[C@@H]3CCCc4ccccc43)N(C(=O)[C@@H](CC(=O)[C@H](C)NC)C(C)(C)C)C2)C[C@H]1C(=O)NC1CCCc2ccccc21)C(C)(C)C. The molecule has 6 rings (SSSR count). The lowest BCUT2D eigenvalue weighted by molar-refractivity contribution is -0.146. The summed E-state index contributed by atoms with van der Waals surface area (Å²) in [7, 11) is 1.70. The van der Waals surface area contributed by atoms with Crippen LogP contribution in [-0.4, -0.2) is 107 Å². The summed E-state index contributed by atoms with van der Waals surface area (Å²) in [5, 5.41) is 15.5. The van der Waals surface area contributed by atoms with E-state index in [-0.39, 0.29) is 129 Å². The number of ketones is 2. The van der Waals surface area contributed by atoms with E-state index in [0.29, 0.717) is 6.42 Å². The summed E-state index contributed by atoms with van der Waals surface area (Å²) in [4.78, 5) is 115. The number of likely N-dealkylation sites (tertiary alicyclic amines) is 2. The predicted molar refractivity (Wildman–Crippen MR) is 282 cm³/mol. The fraction of sp³-hybridized carbons (Fsp3) is 0.655. The molecular weight excluding hydrogens is 923 g/mol. The Morgan fingerprint density at radius 3 is 1.77 bits per heavy atom. The number of carbonyl (C=O) groups is 8. The number of Topliss-reactive ketones (excluding diaryl/α,β-unsaturated/α-hetero) is 2. The molecule has 0 spiro atoms. The highest BCUT2D eigenvalue weighted by Gasteiger charge is 2.48. The van der Waals surface area contributed by atoms with Crippen molar-refractivity contribution >= 4 is 47.0 Å². The molecule has 2 aromatic carbocycles. The molecule has 0 saturated carbocycles. The fourth-order valence-electron chi connectivity index (χ4n) is 11.3. The van der Waals surface area contributed by atoms with Gasteiger partial charge in [0.1, 0.15) is 29.7 Å². The van der Waals surface area contributed by atoms with E-state index in [0.717, 1.165) is 49.7 Å². The first-order valence-electron chi connectivity index (χ1n) is 27.2. The quantitative estimate of drug-likeness (QED) is 0.0968. The average Bonchev–Trinajstić information content (AvgIpc) is 3.98. The zero-order valence-electron chi connectivity index (χ0n) is 45.4. The Labute approximate surface area is 434 Å². The second-order valence-corrected chi connectivity index (χ2v) is 23.7. The topological polar surface area (TPSA) is 203 Å². The number of hydrogen-bond donors (Lipinski definition) is 5. The van der Waals surface area contributed by atoms with Crippen LogP contribution in [0.15, 0.2) is 48.5 Å². The summed E-state index contributed by atoms with van der Waals surface area (Å²) < 4.78 is 0. The van der Waals surface area contributed by atoms with Crippen molar-refractivity contribution in [3.05, 3.63) is 70.8 Å². The molecule has 0 aromatic heterocycles. The van der Waals surface area contributed by atoms with Gasteiger partial charge in [-0.3, -0.25) is 38.4 Å². The van der Waals surface area contributed by atoms with Crippen molar-refractivity contribution in [1.29, 1.82) is 0 Å². The van der Waals surface area contributed by atoms with Crippen LogP contribution in [-0.2, 0) is 51.2 Å². The minimum Gasteiger partial charge on any atom is -0.351 e. The molecule has 2 aliphatic carbocycles. The maximum Gasteiger partial charge on any atom is 0.246 e. The maximum absolute atomic E-state index is 14.6. The molecule has 0 radical (unpaired) electrons. The molecule has 2 heterocycles. The summed E-state index contributed by atoms with van der Waals surface area (Å²) in [5.41, 5.74) is 3.26. The van der Waals surface area contributed by atoms with Gasteiger partial charge in [-0.25, -0.2) is 0 Å². The van der Waals surface area contributed by atoms with Gasteiger partial charge in [-0.2, -0.15) is 0 Å². The number of likely N-dealkylation sites (N-methyl/N-ethyl adjacent to an activating group) is 1. The number of aryl methyl sites for hydroxylation is 2. The number of nitrogens with one attached hydrogen (secondary N) is 5. The lowest BCUT2D eigenvalue weighted by Gasteiger charge is -2.36. The smallest absolute Gasteiger partial charge is 0.246 e. The first kappa shape index (κ1) is 56.8. The van der Waals surface area contributed by atoms with Crippen molar-refractivity contribution in [2.75, 3.05) is 20.1 Å². The standard InChI is InChI=1S/C58H85N7O8/c1-11-35(2)52(69)63-51(58(7,8)9)56(73)64-33-37(30-47(64)53(70)61-45-26-16-21-38-19-12-14-24-42(38)45)29-41(66)23-18-28-50(68)60-40-31-48(54(71)62-46-27-17-22-39-20-13-15-25-43(39)46)65(34-40)55(72)44(57(4,5)6)32-49(67)36(3)59-10/h12-15,19-20,24-25,35-37,40,44-48,51,59H,11,16-18,21-23,26-34H2,1-10H3,(H,60,68)(H,61,70)(H,62,71)(H,63,69)/t35-,36+,37+,40+,44-,45?,46-,47+,48+,51-/m1/s1. The summed E-state index contributed by atoms with van der Waals surface area (Å²) in [5.74, 6) is -3.26. The number of nitrogens with zero attached hydrogens (tertiary/aromatic N) is 2. The lowest BCUT2D eigenvalue weighted by atomic mass is 9.76. The second-order valence-electron chi connectivity index (χ2n) is 23.7. The molecule has 10 atom stereocenters. The van der Waals surface area contributed by atoms with Crippen molar-refractivity contribution in [3.63, 3.8) is 0 Å². The normalized spacial score (nSPS) is 23.5. The Morgan fingerprint density at radius 1 is 0.685 bits per heavy atom. The van der Waals surface area contributed by atoms with Gasteiger partial charge >= 0.3 is 0 Å². The van der Waals surface area contributed by atoms with Gasteiger partial charge in [-0.1, -0.05) is 104 Å². The van der Waals surface area contributed by atoms with Gasteiger partial charge in [0.05, 0.1) is 18.1 Å². The zero-order chi connectivity index (χ0) is 53.4. The van der Waals surface area contributed by atoms with Crippen LogP contribution >= 0.6 is 0 Å². The molecule has 400 valence electrons. The van der Waals surface area contributed by atoms with E-state index < -0.39 is 47.0 Å². The van der Waals surface area contributed by atoms with E-state index in [4.69, 9.17) is 0 Å². The van der Waals surface area contributed by atoms with Gasteiger partial charge in [-0.15, -0.1) is 0 Å². The van der Waals surface area contributed by atoms with Crippen LogP contribution in [0.1, 0.15) is 174 Å². The van der Waals surface area contributed by atoms with E-state index in [9.17, 15) is 38.4 Å². The van der Waals surface area contributed by atoms with Gasteiger partial charge in [-0.05, 0) is 117 Å². The Kier molecular flexibility index (Phi) is 19.3. The van der Waals surface area contributed by atoms with Gasteiger partial charge in [0.2, 0.25) is 35.4 Å². The second kappa shape index (κ2) is 24.7. The molecule has 4 aliphatic rings. The molecule has 2 aliphatic heterocycles. The van der Waals surface area contributed by atoms with E-state index >= 15 is 0 Å². The monoisotopic (exact) mass is 1010 g/mol. The highest BCUT2D eigenvalue weighted by Crippen LogP contribution is 2.37. The number of hydrogen-bond acceptors (Lipinski definition) is 9. The van der Waals surface area contributed by atoms with E-state index in [2.05, 4.69) is 38.7 Å². The van der Waals surface area contributed by atoms with Crippen molar-refractivity contribution in [1.82, 2.24) is 36.4 Å². The number of carbonyl (C=O) groups excluding carboxylic acids is 8. The Bertz CT molecular complexity index is 2180. The first-order chi connectivity index (χ1) is 34.5. The van der Waals surface area contributed by atoms with Gasteiger partial charge in [0.25, 0.3) is 0 Å². The average molecular weight is 1010 g/mol. The Balaban J connectivity index is 1.11. The number of amides is 6. The molecule has 6 amide bonds. The van der Waals surface area contributed by atoms with Crippen molar-refractivity contribution in [3.8, 4) is 0 Å². The molecule has 2 saturated heterocycles. The third-order valence-corrected chi connectivity index (χ3v) is 16.1. The third kappa shape index (κ3) is 14.4. The van der Waals surface area contributed by atoms with Crippen LogP contribution in [0.25, 0.3) is 0 Å². The van der Waals surface area contributed by atoms with Crippen LogP contribution in [0.3, 0.4) is 0 Å². The minimum absolute atomic E-state index is 0.00279. The zero-order valence-corrected chi connectivity index (χ0v) is 45.4. The highest BCUT2D eigenvalue weighted by atomic mass is 16.2. The van der Waals surface area contributed by atoms with E-state index in [1.54, 1.807) is 23.8 Å². The summed E-state index contributed by atoms with van der Waals surface area (Å²) in [6, 6.07) is 12.2. The summed E-state index contributed by atoms with van der Waals surface area (Å²) in [6.45, 7) is 17.2. The first-order valence-corrected chi connectivity index (χ1v) is 27.2. The molecule has 15 nitrogen and oxygen atoms in total. The molecule has 2 aromatic rings. The third-order valence-electron chi connectivity index (χ3n) is 16.1. The molecule has 73 heavy (non-hydrogen) atoms. The molecule has 2 fully saturated rings. The maximum atomic E-state index is 14.6. The van der Waals surface area contributed by atoms with E-state index in [1.165, 1.54) is 11.1 Å². The number of rotatable bonds is 20. The van der Waals surface area contributed by atoms with Gasteiger partial charge in [0.15, 0.2) is 0 Å². The van der Waals surface area contributed by atoms with Gasteiger partial charge < -0.3 is 36.4 Å². The summed E-state index contributed by atoms with van der Waals surface area (Å²) in [6.07, 6.45) is 6.85. The number of benzene rings is 2.